The first-order valence-corrected chi connectivity index (χ1v) is 5.29. The van der Waals surface area contributed by atoms with Crippen molar-refractivity contribution in [1.29, 1.82) is 0 Å². The van der Waals surface area contributed by atoms with Crippen LogP contribution >= 0.6 is 28.3 Å². The van der Waals surface area contributed by atoms with Crippen LogP contribution < -0.4 is 0 Å². The lowest BCUT2D eigenvalue weighted by atomic mass is 10.2. The normalized spacial score (nSPS) is 10.1. The number of nitrogens with zero attached hydrogens (tertiary/aromatic N) is 2. The number of carbonyl (C=O) groups is 1. The van der Waals surface area contributed by atoms with E-state index in [1.165, 1.54) is 0 Å². The van der Waals surface area contributed by atoms with Gasteiger partial charge in [-0.1, -0.05) is 0 Å². The first-order valence-electron chi connectivity index (χ1n) is 4.50. The van der Waals surface area contributed by atoms with Crippen molar-refractivity contribution in [3.8, 4) is 0 Å². The van der Waals surface area contributed by atoms with Gasteiger partial charge in [0.05, 0.1) is 12.1 Å². The van der Waals surface area contributed by atoms with Gasteiger partial charge in [0.15, 0.2) is 0 Å². The molecule has 6 heteroatoms. The zero-order valence-electron chi connectivity index (χ0n) is 8.26. The third-order valence-corrected chi connectivity index (χ3v) is 2.53. The number of fused-ring (bicyclic) bond motifs is 1. The van der Waals surface area contributed by atoms with Gasteiger partial charge in [-0.2, -0.15) is 0 Å². The smallest absolute Gasteiger partial charge is 0.303 e. The predicted octanol–water partition coefficient (Wildman–Crippen LogP) is 2.54. The van der Waals surface area contributed by atoms with Crippen molar-refractivity contribution in [1.82, 2.24) is 9.38 Å². The molecule has 0 fully saturated rings. The van der Waals surface area contributed by atoms with Gasteiger partial charge in [0, 0.05) is 23.3 Å². The lowest BCUT2D eigenvalue weighted by Gasteiger charge is -1.91. The molecule has 2 aromatic rings. The maximum Gasteiger partial charge on any atom is 0.303 e. The van der Waals surface area contributed by atoms with Crippen molar-refractivity contribution in [2.45, 2.75) is 12.8 Å². The molecule has 2 rings (SSSR count). The third-order valence-electron chi connectivity index (χ3n) is 2.06. The van der Waals surface area contributed by atoms with E-state index in [1.54, 1.807) is 0 Å². The second-order valence-corrected chi connectivity index (χ2v) is 4.15. The van der Waals surface area contributed by atoms with Gasteiger partial charge in [0.25, 0.3) is 0 Å². The highest BCUT2D eigenvalue weighted by Crippen LogP contribution is 2.13. The highest BCUT2D eigenvalue weighted by Gasteiger charge is 2.04. The van der Waals surface area contributed by atoms with Crippen LogP contribution in [0.15, 0.2) is 29.0 Å². The van der Waals surface area contributed by atoms with E-state index in [1.807, 2.05) is 28.9 Å². The van der Waals surface area contributed by atoms with Gasteiger partial charge in [0.1, 0.15) is 5.65 Å². The highest BCUT2D eigenvalue weighted by molar-refractivity contribution is 9.10. The largest absolute Gasteiger partial charge is 0.481 e. The summed E-state index contributed by atoms with van der Waals surface area (Å²) in [5.74, 6) is -0.798. The molecule has 0 atom stereocenters. The maximum absolute atomic E-state index is 10.4. The van der Waals surface area contributed by atoms with Gasteiger partial charge in [-0.05, 0) is 28.1 Å². The Bertz CT molecular complexity index is 512. The van der Waals surface area contributed by atoms with Crippen LogP contribution in [0.4, 0.5) is 0 Å². The van der Waals surface area contributed by atoms with E-state index in [0.29, 0.717) is 6.42 Å². The van der Waals surface area contributed by atoms with E-state index < -0.39 is 5.97 Å². The van der Waals surface area contributed by atoms with E-state index in [0.717, 1.165) is 15.8 Å². The lowest BCUT2D eigenvalue weighted by molar-refractivity contribution is -0.136. The molecule has 4 nitrogen and oxygen atoms in total. The molecule has 0 radical (unpaired) electrons. The number of pyridine rings is 1. The minimum Gasteiger partial charge on any atom is -0.481 e. The Morgan fingerprint density at radius 2 is 2.19 bits per heavy atom. The highest BCUT2D eigenvalue weighted by atomic mass is 79.9. The number of aliphatic carboxylic acids is 1. The van der Waals surface area contributed by atoms with Crippen LogP contribution in [-0.4, -0.2) is 20.5 Å². The number of imidazole rings is 1. The van der Waals surface area contributed by atoms with Gasteiger partial charge < -0.3 is 9.51 Å². The van der Waals surface area contributed by atoms with Gasteiger partial charge in [-0.3, -0.25) is 4.79 Å². The van der Waals surface area contributed by atoms with Gasteiger partial charge in [-0.15, -0.1) is 12.4 Å². The molecule has 0 spiro atoms. The molecule has 1 N–H and O–H groups in total. The molecule has 0 saturated heterocycles. The molecular weight excluding hydrogens is 295 g/mol. The van der Waals surface area contributed by atoms with Gasteiger partial charge >= 0.3 is 5.97 Å². The first-order chi connectivity index (χ1) is 7.15. The monoisotopic (exact) mass is 304 g/mol. The fraction of sp³-hybridized carbons (Fsp3) is 0.200. The van der Waals surface area contributed by atoms with E-state index in [-0.39, 0.29) is 18.8 Å². The van der Waals surface area contributed by atoms with Gasteiger partial charge in [0.2, 0.25) is 0 Å². The first kappa shape index (κ1) is 13.0. The number of aryl methyl sites for hydroxylation is 1. The molecule has 0 aromatic carbocycles. The second-order valence-electron chi connectivity index (χ2n) is 3.24. The third kappa shape index (κ3) is 2.96. The Hall–Kier alpha value is -1.07. The maximum atomic E-state index is 10.4. The van der Waals surface area contributed by atoms with Crippen LogP contribution in [0.5, 0.6) is 0 Å². The van der Waals surface area contributed by atoms with Crippen LogP contribution in [0.3, 0.4) is 0 Å². The van der Waals surface area contributed by atoms with Gasteiger partial charge in [-0.25, -0.2) is 4.98 Å². The van der Waals surface area contributed by atoms with E-state index in [9.17, 15) is 4.79 Å². The summed E-state index contributed by atoms with van der Waals surface area (Å²) in [6.07, 6.45) is 4.33. The molecule has 0 bridgehead atoms. The summed E-state index contributed by atoms with van der Waals surface area (Å²) in [4.78, 5) is 14.7. The van der Waals surface area contributed by atoms with Crippen molar-refractivity contribution in [3.05, 3.63) is 34.7 Å². The van der Waals surface area contributed by atoms with Crippen LogP contribution in [0, 0.1) is 0 Å². The van der Waals surface area contributed by atoms with Crippen molar-refractivity contribution in [2.24, 2.45) is 0 Å². The summed E-state index contributed by atoms with van der Waals surface area (Å²) in [6, 6.07) is 3.79. The predicted molar refractivity (Wildman–Crippen MR) is 66.1 cm³/mol. The average molecular weight is 306 g/mol. The molecule has 2 heterocycles. The molecule has 86 valence electrons. The van der Waals surface area contributed by atoms with Crippen LogP contribution in [-0.2, 0) is 11.2 Å². The van der Waals surface area contributed by atoms with E-state index in [2.05, 4.69) is 20.9 Å². The van der Waals surface area contributed by atoms with Crippen molar-refractivity contribution >= 4 is 40.0 Å². The number of halogens is 2. The van der Waals surface area contributed by atoms with E-state index in [4.69, 9.17) is 5.11 Å². The fourth-order valence-corrected chi connectivity index (χ4v) is 1.73. The molecule has 0 aliphatic rings. The number of carboxylic acids is 1. The summed E-state index contributed by atoms with van der Waals surface area (Å²) in [7, 11) is 0. The number of aromatic nitrogens is 2. The quantitative estimate of drug-likeness (QED) is 0.948. The molecule has 0 aliphatic carbocycles. The number of rotatable bonds is 3. The Balaban J connectivity index is 0.00000128. The SMILES string of the molecule is Cl.O=C(O)CCc1cn2cc(Br)ccc2n1. The average Bonchev–Trinajstić information content (AvgIpc) is 2.56. The molecule has 16 heavy (non-hydrogen) atoms. The molecule has 0 amide bonds. The molecule has 2 aromatic heterocycles. The van der Waals surface area contributed by atoms with Crippen molar-refractivity contribution in [3.63, 3.8) is 0 Å². The molecule has 0 aliphatic heterocycles. The Morgan fingerprint density at radius 1 is 1.44 bits per heavy atom. The topological polar surface area (TPSA) is 54.6 Å². The van der Waals surface area contributed by atoms with Crippen LogP contribution in [0.25, 0.3) is 5.65 Å². The standard InChI is InChI=1S/C10H9BrN2O2.ClH/c11-7-1-3-9-12-8(2-4-10(14)15)6-13(9)5-7;/h1,3,5-6H,2,4H2,(H,14,15);1H. The molecular formula is C10H10BrClN2O2. The summed E-state index contributed by atoms with van der Waals surface area (Å²) in [5.41, 5.74) is 1.63. The lowest BCUT2D eigenvalue weighted by Crippen LogP contribution is -1.97. The van der Waals surface area contributed by atoms with Crippen LogP contribution in [0.2, 0.25) is 0 Å². The Morgan fingerprint density at radius 3 is 2.88 bits per heavy atom. The van der Waals surface area contributed by atoms with Crippen molar-refractivity contribution in [2.75, 3.05) is 0 Å². The molecule has 0 saturated carbocycles. The minimum atomic E-state index is -0.798. The van der Waals surface area contributed by atoms with Crippen molar-refractivity contribution < 1.29 is 9.90 Å². The zero-order chi connectivity index (χ0) is 10.8. The summed E-state index contributed by atoms with van der Waals surface area (Å²) >= 11 is 3.36. The molecule has 0 unspecified atom stereocenters. The second kappa shape index (κ2) is 5.32. The number of hydrogen-bond donors (Lipinski definition) is 1. The minimum absolute atomic E-state index is 0. The summed E-state index contributed by atoms with van der Waals surface area (Å²) in [5, 5.41) is 8.55. The number of hydrogen-bond acceptors (Lipinski definition) is 2. The fourth-order valence-electron chi connectivity index (χ4n) is 1.37. The van der Waals surface area contributed by atoms with Crippen LogP contribution in [0.1, 0.15) is 12.1 Å². The summed E-state index contributed by atoms with van der Waals surface area (Å²) in [6.45, 7) is 0. The summed E-state index contributed by atoms with van der Waals surface area (Å²) < 4.78 is 2.85. The van der Waals surface area contributed by atoms with E-state index >= 15 is 0 Å². The Kier molecular flexibility index (Phi) is 4.32. The zero-order valence-corrected chi connectivity index (χ0v) is 10.7. The number of carboxylic acid groups (broad SMARTS) is 1. The Labute approximate surface area is 107 Å².